The summed E-state index contributed by atoms with van der Waals surface area (Å²) in [6.07, 6.45) is 0.923. The highest BCUT2D eigenvalue weighted by molar-refractivity contribution is 5.74. The molecule has 0 saturated carbocycles. The van der Waals surface area contributed by atoms with Crippen molar-refractivity contribution in [3.05, 3.63) is 59.3 Å². The summed E-state index contributed by atoms with van der Waals surface area (Å²) in [6, 6.07) is 8.39. The van der Waals surface area contributed by atoms with Gasteiger partial charge in [0.1, 0.15) is 17.7 Å². The molecule has 0 bridgehead atoms. The third-order valence-electron chi connectivity index (χ3n) is 3.44. The van der Waals surface area contributed by atoms with Crippen LogP contribution in [0.2, 0.25) is 0 Å². The van der Waals surface area contributed by atoms with Crippen LogP contribution in [0.25, 0.3) is 0 Å². The molecule has 0 radical (unpaired) electrons. The van der Waals surface area contributed by atoms with Crippen LogP contribution in [0.5, 0.6) is 0 Å². The molecule has 0 saturated heterocycles. The van der Waals surface area contributed by atoms with Crippen LogP contribution < -0.4 is 10.6 Å². The summed E-state index contributed by atoms with van der Waals surface area (Å²) < 4.78 is 18.7. The minimum absolute atomic E-state index is 0.0410. The molecule has 2 atom stereocenters. The van der Waals surface area contributed by atoms with E-state index in [4.69, 9.17) is 9.68 Å². The van der Waals surface area contributed by atoms with Crippen molar-refractivity contribution in [2.24, 2.45) is 0 Å². The second-order valence-corrected chi connectivity index (χ2v) is 5.41. The van der Waals surface area contributed by atoms with Crippen molar-refractivity contribution in [1.29, 1.82) is 5.26 Å². The standard InChI is InChI=1S/C17H18FN3O3/c1-11(7-15(22)16-3-2-6-24-16)21-17(23)20-10-13-8-12(9-19)4-5-14(13)18/h2-6,8,11,15,22H,7,10H2,1H3,(H2,20,21,23)/t11-,15-/m0/s1. The number of aliphatic hydroxyl groups is 1. The van der Waals surface area contributed by atoms with Crippen LogP contribution in [-0.4, -0.2) is 17.2 Å². The predicted octanol–water partition coefficient (Wildman–Crippen LogP) is 2.60. The monoisotopic (exact) mass is 331 g/mol. The first kappa shape index (κ1) is 17.5. The lowest BCUT2D eigenvalue weighted by atomic mass is 10.1. The Kier molecular flexibility index (Phi) is 5.93. The topological polar surface area (TPSA) is 98.3 Å². The fourth-order valence-electron chi connectivity index (χ4n) is 2.22. The zero-order chi connectivity index (χ0) is 17.5. The third kappa shape index (κ3) is 4.83. The van der Waals surface area contributed by atoms with Gasteiger partial charge in [-0.15, -0.1) is 0 Å². The number of carbonyl (C=O) groups excluding carboxylic acids is 1. The zero-order valence-electron chi connectivity index (χ0n) is 13.1. The zero-order valence-corrected chi connectivity index (χ0v) is 13.1. The van der Waals surface area contributed by atoms with E-state index in [9.17, 15) is 14.3 Å². The quantitative estimate of drug-likeness (QED) is 0.758. The normalized spacial score (nSPS) is 12.9. The Bertz CT molecular complexity index is 725. The average molecular weight is 331 g/mol. The molecule has 3 N–H and O–H groups in total. The van der Waals surface area contributed by atoms with Crippen molar-refractivity contribution in [1.82, 2.24) is 10.6 Å². The van der Waals surface area contributed by atoms with Gasteiger partial charge >= 0.3 is 6.03 Å². The average Bonchev–Trinajstić information content (AvgIpc) is 3.08. The molecule has 0 fully saturated rings. The predicted molar refractivity (Wildman–Crippen MR) is 84.2 cm³/mol. The van der Waals surface area contributed by atoms with Gasteiger partial charge in [0.05, 0.1) is 17.9 Å². The van der Waals surface area contributed by atoms with Crippen LogP contribution in [-0.2, 0) is 6.54 Å². The molecule has 0 aliphatic rings. The number of benzene rings is 1. The number of hydrogen-bond acceptors (Lipinski definition) is 4. The van der Waals surface area contributed by atoms with Crippen molar-refractivity contribution in [3.8, 4) is 6.07 Å². The number of halogens is 1. The van der Waals surface area contributed by atoms with Gasteiger partial charge in [-0.25, -0.2) is 9.18 Å². The molecule has 126 valence electrons. The van der Waals surface area contributed by atoms with Crippen LogP contribution in [0.3, 0.4) is 0 Å². The third-order valence-corrected chi connectivity index (χ3v) is 3.44. The lowest BCUT2D eigenvalue weighted by Gasteiger charge is -2.17. The van der Waals surface area contributed by atoms with E-state index in [2.05, 4.69) is 10.6 Å². The fourth-order valence-corrected chi connectivity index (χ4v) is 2.22. The lowest BCUT2D eigenvalue weighted by molar-refractivity contribution is 0.129. The van der Waals surface area contributed by atoms with Gasteiger partial charge in [0.2, 0.25) is 0 Å². The summed E-state index contributed by atoms with van der Waals surface area (Å²) in [7, 11) is 0. The van der Waals surface area contributed by atoms with E-state index in [1.165, 1.54) is 24.5 Å². The smallest absolute Gasteiger partial charge is 0.315 e. The summed E-state index contributed by atoms with van der Waals surface area (Å²) in [4.78, 5) is 11.8. The molecule has 0 unspecified atom stereocenters. The molecule has 2 rings (SSSR count). The Balaban J connectivity index is 1.82. The second kappa shape index (κ2) is 8.13. The van der Waals surface area contributed by atoms with Gasteiger partial charge in [-0.1, -0.05) is 0 Å². The number of nitrogens with one attached hydrogen (secondary N) is 2. The van der Waals surface area contributed by atoms with Crippen molar-refractivity contribution < 1.29 is 18.7 Å². The number of amides is 2. The maximum Gasteiger partial charge on any atom is 0.315 e. The van der Waals surface area contributed by atoms with Gasteiger partial charge in [-0.05, 0) is 37.3 Å². The molecule has 7 heteroatoms. The van der Waals surface area contributed by atoms with E-state index in [0.717, 1.165) is 0 Å². The highest BCUT2D eigenvalue weighted by Crippen LogP contribution is 2.18. The van der Waals surface area contributed by atoms with E-state index in [1.807, 2.05) is 6.07 Å². The van der Waals surface area contributed by atoms with E-state index < -0.39 is 18.0 Å². The molecule has 2 aromatic rings. The van der Waals surface area contributed by atoms with Crippen LogP contribution in [0, 0.1) is 17.1 Å². The van der Waals surface area contributed by atoms with Gasteiger partial charge in [0, 0.05) is 24.6 Å². The molecule has 24 heavy (non-hydrogen) atoms. The minimum Gasteiger partial charge on any atom is -0.467 e. The summed E-state index contributed by atoms with van der Waals surface area (Å²) >= 11 is 0. The lowest BCUT2D eigenvalue weighted by Crippen LogP contribution is -2.41. The van der Waals surface area contributed by atoms with Crippen LogP contribution >= 0.6 is 0 Å². The molecule has 1 heterocycles. The molecule has 0 aliphatic heterocycles. The molecular formula is C17H18FN3O3. The molecule has 0 spiro atoms. The minimum atomic E-state index is -0.819. The van der Waals surface area contributed by atoms with E-state index in [1.54, 1.807) is 19.1 Å². The molecular weight excluding hydrogens is 313 g/mol. The number of carbonyl (C=O) groups is 1. The van der Waals surface area contributed by atoms with Crippen LogP contribution in [0.4, 0.5) is 9.18 Å². The number of hydrogen-bond donors (Lipinski definition) is 3. The van der Waals surface area contributed by atoms with Gasteiger partial charge in [0.15, 0.2) is 0 Å². The number of urea groups is 1. The Morgan fingerprint density at radius 2 is 2.25 bits per heavy atom. The maximum absolute atomic E-state index is 13.6. The largest absolute Gasteiger partial charge is 0.467 e. The number of furan rings is 1. The van der Waals surface area contributed by atoms with E-state index in [-0.39, 0.29) is 24.6 Å². The fraction of sp³-hybridized carbons (Fsp3) is 0.294. The first-order valence-electron chi connectivity index (χ1n) is 7.44. The Hall–Kier alpha value is -2.85. The Morgan fingerprint density at radius 3 is 2.92 bits per heavy atom. The van der Waals surface area contributed by atoms with Crippen molar-refractivity contribution in [2.45, 2.75) is 32.0 Å². The SMILES string of the molecule is C[C@@H](C[C@H](O)c1ccco1)NC(=O)NCc1cc(C#N)ccc1F. The summed E-state index contributed by atoms with van der Waals surface area (Å²) in [6.45, 7) is 1.70. The van der Waals surface area contributed by atoms with E-state index >= 15 is 0 Å². The summed E-state index contributed by atoms with van der Waals surface area (Å²) in [5.41, 5.74) is 0.552. The second-order valence-electron chi connectivity index (χ2n) is 5.41. The molecule has 0 aliphatic carbocycles. The van der Waals surface area contributed by atoms with E-state index in [0.29, 0.717) is 11.3 Å². The first-order valence-corrected chi connectivity index (χ1v) is 7.44. The van der Waals surface area contributed by atoms with Crippen molar-refractivity contribution in [3.63, 3.8) is 0 Å². The maximum atomic E-state index is 13.6. The highest BCUT2D eigenvalue weighted by atomic mass is 19.1. The van der Waals surface area contributed by atoms with Crippen LogP contribution in [0.1, 0.15) is 36.3 Å². The van der Waals surface area contributed by atoms with Crippen molar-refractivity contribution >= 4 is 6.03 Å². The summed E-state index contributed by atoms with van der Waals surface area (Å²) in [5, 5.41) is 23.9. The number of aliphatic hydroxyl groups excluding tert-OH is 1. The van der Waals surface area contributed by atoms with Gasteiger partial charge in [-0.2, -0.15) is 5.26 Å². The van der Waals surface area contributed by atoms with Gasteiger partial charge in [-0.3, -0.25) is 0 Å². The van der Waals surface area contributed by atoms with Crippen LogP contribution in [0.15, 0.2) is 41.0 Å². The molecule has 1 aromatic heterocycles. The Labute approximate surface area is 138 Å². The number of rotatable bonds is 6. The van der Waals surface area contributed by atoms with Gasteiger partial charge < -0.3 is 20.2 Å². The Morgan fingerprint density at radius 1 is 1.46 bits per heavy atom. The number of nitrogens with zero attached hydrogens (tertiary/aromatic N) is 1. The van der Waals surface area contributed by atoms with Crippen molar-refractivity contribution in [2.75, 3.05) is 0 Å². The number of nitriles is 1. The first-order chi connectivity index (χ1) is 11.5. The van der Waals surface area contributed by atoms with Gasteiger partial charge in [0.25, 0.3) is 0 Å². The molecule has 1 aromatic carbocycles. The highest BCUT2D eigenvalue weighted by Gasteiger charge is 2.16. The molecule has 2 amide bonds. The molecule has 6 nitrogen and oxygen atoms in total. The summed E-state index contributed by atoms with van der Waals surface area (Å²) in [5.74, 6) is -0.0602.